The molecule has 2 heterocycles. The summed E-state index contributed by atoms with van der Waals surface area (Å²) in [6.45, 7) is 1.07. The fourth-order valence-corrected chi connectivity index (χ4v) is 2.56. The lowest BCUT2D eigenvalue weighted by atomic mass is 10.1. The van der Waals surface area contributed by atoms with E-state index in [9.17, 15) is 4.79 Å². The zero-order valence-electron chi connectivity index (χ0n) is 9.21. The van der Waals surface area contributed by atoms with Crippen LogP contribution in [0.2, 0.25) is 0 Å². The number of halogens is 1. The lowest BCUT2D eigenvalue weighted by Crippen LogP contribution is -2.40. The van der Waals surface area contributed by atoms with Gasteiger partial charge in [0, 0.05) is 13.0 Å². The molecule has 1 saturated heterocycles. The van der Waals surface area contributed by atoms with Crippen LogP contribution in [0.3, 0.4) is 0 Å². The lowest BCUT2D eigenvalue weighted by molar-refractivity contribution is -0.116. The quantitative estimate of drug-likeness (QED) is 0.714. The second kappa shape index (κ2) is 4.13. The van der Waals surface area contributed by atoms with Gasteiger partial charge < -0.3 is 4.90 Å². The average molecular weight is 250 g/mol. The third kappa shape index (κ3) is 1.94. The Bertz CT molecular complexity index is 488. The number of carbonyl (C=O) groups is 1. The van der Waals surface area contributed by atoms with Crippen LogP contribution < -0.4 is 0 Å². The topological polar surface area (TPSA) is 35.9 Å². The SMILES string of the molecule is O=C1C[C@@H](N2C=Nc3ccccc3C2)N(Cl)C1. The van der Waals surface area contributed by atoms with Crippen molar-refractivity contribution >= 4 is 29.6 Å². The lowest BCUT2D eigenvalue weighted by Gasteiger charge is -2.31. The molecule has 0 amide bonds. The molecule has 1 atom stereocenters. The van der Waals surface area contributed by atoms with Crippen molar-refractivity contribution in [1.82, 2.24) is 9.32 Å². The van der Waals surface area contributed by atoms with E-state index in [1.807, 2.05) is 29.2 Å². The molecule has 4 nitrogen and oxygen atoms in total. The Labute approximate surface area is 105 Å². The standard InChI is InChI=1S/C12H12ClN3O/c13-16-7-10(17)5-12(16)15-6-9-3-1-2-4-11(9)14-8-15/h1-4,8,12H,5-7H2/t12-/m0/s1. The van der Waals surface area contributed by atoms with Gasteiger partial charge in [-0.2, -0.15) is 4.42 Å². The minimum absolute atomic E-state index is 0.0683. The van der Waals surface area contributed by atoms with Gasteiger partial charge in [-0.15, -0.1) is 0 Å². The van der Waals surface area contributed by atoms with Gasteiger partial charge in [0.15, 0.2) is 5.78 Å². The fraction of sp³-hybridized carbons (Fsp3) is 0.333. The van der Waals surface area contributed by atoms with Gasteiger partial charge in [-0.25, -0.2) is 4.99 Å². The molecule has 0 bridgehead atoms. The van der Waals surface area contributed by atoms with Crippen molar-refractivity contribution in [3.05, 3.63) is 29.8 Å². The number of ketones is 1. The molecule has 0 spiro atoms. The van der Waals surface area contributed by atoms with Crippen molar-refractivity contribution in [1.29, 1.82) is 0 Å². The van der Waals surface area contributed by atoms with Crippen LogP contribution in [0.5, 0.6) is 0 Å². The molecule has 2 aliphatic rings. The molecule has 3 rings (SSSR count). The molecule has 17 heavy (non-hydrogen) atoms. The van der Waals surface area contributed by atoms with E-state index in [4.69, 9.17) is 11.8 Å². The van der Waals surface area contributed by atoms with Crippen LogP contribution in [0, 0.1) is 0 Å². The maximum Gasteiger partial charge on any atom is 0.151 e. The van der Waals surface area contributed by atoms with E-state index < -0.39 is 0 Å². The van der Waals surface area contributed by atoms with E-state index in [1.54, 1.807) is 10.8 Å². The molecule has 0 N–H and O–H groups in total. The summed E-state index contributed by atoms with van der Waals surface area (Å²) >= 11 is 6.04. The Morgan fingerprint density at radius 1 is 1.29 bits per heavy atom. The molecule has 0 unspecified atom stereocenters. The summed E-state index contributed by atoms with van der Waals surface area (Å²) in [6, 6.07) is 8.00. The Morgan fingerprint density at radius 2 is 2.12 bits per heavy atom. The van der Waals surface area contributed by atoms with Gasteiger partial charge in [0.25, 0.3) is 0 Å². The zero-order chi connectivity index (χ0) is 11.8. The van der Waals surface area contributed by atoms with Crippen LogP contribution in [-0.4, -0.2) is 34.2 Å². The summed E-state index contributed by atoms with van der Waals surface area (Å²) in [4.78, 5) is 17.8. The zero-order valence-corrected chi connectivity index (χ0v) is 9.97. The molecule has 1 aromatic rings. The van der Waals surface area contributed by atoms with Gasteiger partial charge in [0.05, 0.1) is 18.6 Å². The number of rotatable bonds is 1. The third-order valence-electron chi connectivity index (χ3n) is 3.13. The highest BCUT2D eigenvalue weighted by Gasteiger charge is 2.34. The monoisotopic (exact) mass is 249 g/mol. The molecular formula is C12H12ClN3O. The molecule has 1 aromatic carbocycles. The van der Waals surface area contributed by atoms with Crippen LogP contribution in [0.15, 0.2) is 29.3 Å². The van der Waals surface area contributed by atoms with Crippen LogP contribution in [-0.2, 0) is 11.3 Å². The third-order valence-corrected chi connectivity index (χ3v) is 3.48. The number of carbonyl (C=O) groups excluding carboxylic acids is 1. The molecule has 2 aliphatic heterocycles. The normalized spacial score (nSPS) is 24.2. The highest BCUT2D eigenvalue weighted by molar-refractivity contribution is 6.15. The number of hydrogen-bond donors (Lipinski definition) is 0. The molecule has 0 radical (unpaired) electrons. The average Bonchev–Trinajstić information content (AvgIpc) is 2.68. The summed E-state index contributed by atoms with van der Waals surface area (Å²) in [5.41, 5.74) is 2.16. The maximum atomic E-state index is 11.4. The van der Waals surface area contributed by atoms with Crippen LogP contribution in [0.25, 0.3) is 0 Å². The van der Waals surface area contributed by atoms with E-state index >= 15 is 0 Å². The van der Waals surface area contributed by atoms with Crippen molar-refractivity contribution in [2.75, 3.05) is 6.54 Å². The number of Topliss-reactive ketones (excluding diaryl/α,β-unsaturated/α-hetero) is 1. The molecule has 0 aliphatic carbocycles. The van der Waals surface area contributed by atoms with Crippen molar-refractivity contribution in [2.45, 2.75) is 19.1 Å². The van der Waals surface area contributed by atoms with E-state index in [0.717, 1.165) is 12.2 Å². The fourth-order valence-electron chi connectivity index (χ4n) is 2.25. The van der Waals surface area contributed by atoms with E-state index in [-0.39, 0.29) is 11.9 Å². The maximum absolute atomic E-state index is 11.4. The number of benzene rings is 1. The van der Waals surface area contributed by atoms with Gasteiger partial charge in [-0.3, -0.25) is 4.79 Å². The van der Waals surface area contributed by atoms with Crippen LogP contribution in [0.4, 0.5) is 5.69 Å². The minimum atomic E-state index is -0.0683. The highest BCUT2D eigenvalue weighted by Crippen LogP contribution is 2.28. The number of fused-ring (bicyclic) bond motifs is 1. The molecule has 5 heteroatoms. The van der Waals surface area contributed by atoms with E-state index in [2.05, 4.69) is 4.99 Å². The number of para-hydroxylation sites is 1. The first-order chi connectivity index (χ1) is 8.24. The Morgan fingerprint density at radius 3 is 2.88 bits per heavy atom. The van der Waals surface area contributed by atoms with Crippen molar-refractivity contribution in [3.8, 4) is 0 Å². The van der Waals surface area contributed by atoms with Gasteiger partial charge >= 0.3 is 0 Å². The van der Waals surface area contributed by atoms with Crippen molar-refractivity contribution in [3.63, 3.8) is 0 Å². The highest BCUT2D eigenvalue weighted by atomic mass is 35.5. The number of aliphatic imine (C=N–C) groups is 1. The first kappa shape index (κ1) is 10.7. The second-order valence-corrected chi connectivity index (χ2v) is 4.76. The Kier molecular flexibility index (Phi) is 2.61. The summed E-state index contributed by atoms with van der Waals surface area (Å²) in [5, 5.41) is 0. The van der Waals surface area contributed by atoms with Gasteiger partial charge in [-0.05, 0) is 23.4 Å². The van der Waals surface area contributed by atoms with Gasteiger partial charge in [0.2, 0.25) is 0 Å². The van der Waals surface area contributed by atoms with E-state index in [1.165, 1.54) is 5.56 Å². The summed E-state index contributed by atoms with van der Waals surface area (Å²) in [7, 11) is 0. The van der Waals surface area contributed by atoms with Gasteiger partial charge in [-0.1, -0.05) is 18.2 Å². The van der Waals surface area contributed by atoms with Crippen LogP contribution in [0.1, 0.15) is 12.0 Å². The Hall–Kier alpha value is -1.39. The van der Waals surface area contributed by atoms with Crippen molar-refractivity contribution < 1.29 is 4.79 Å². The Balaban J connectivity index is 1.83. The predicted molar refractivity (Wildman–Crippen MR) is 66.1 cm³/mol. The van der Waals surface area contributed by atoms with E-state index in [0.29, 0.717) is 13.0 Å². The molecule has 88 valence electrons. The van der Waals surface area contributed by atoms with Gasteiger partial charge in [0.1, 0.15) is 6.17 Å². The minimum Gasteiger partial charge on any atom is -0.341 e. The second-order valence-electron chi connectivity index (χ2n) is 4.33. The molecular weight excluding hydrogens is 238 g/mol. The first-order valence-electron chi connectivity index (χ1n) is 5.56. The smallest absolute Gasteiger partial charge is 0.151 e. The number of nitrogens with zero attached hydrogens (tertiary/aromatic N) is 3. The van der Waals surface area contributed by atoms with Crippen LogP contribution >= 0.6 is 11.8 Å². The largest absolute Gasteiger partial charge is 0.341 e. The van der Waals surface area contributed by atoms with Crippen molar-refractivity contribution in [2.24, 2.45) is 4.99 Å². The molecule has 0 aromatic heterocycles. The summed E-state index contributed by atoms with van der Waals surface area (Å²) < 4.78 is 1.56. The molecule has 1 fully saturated rings. The predicted octanol–water partition coefficient (Wildman–Crippen LogP) is 1.92. The molecule has 0 saturated carbocycles. The summed E-state index contributed by atoms with van der Waals surface area (Å²) in [6.07, 6.45) is 2.18. The number of hydrogen-bond acceptors (Lipinski definition) is 4. The first-order valence-corrected chi connectivity index (χ1v) is 5.90. The summed E-state index contributed by atoms with van der Waals surface area (Å²) in [5.74, 6) is 0.178.